The van der Waals surface area contributed by atoms with E-state index in [9.17, 15) is 9.59 Å². The summed E-state index contributed by atoms with van der Waals surface area (Å²) in [5.41, 5.74) is 7.32. The highest BCUT2D eigenvalue weighted by Gasteiger charge is 2.21. The minimum absolute atomic E-state index is 0. The van der Waals surface area contributed by atoms with Crippen LogP contribution in [-0.4, -0.2) is 48.9 Å². The summed E-state index contributed by atoms with van der Waals surface area (Å²) < 4.78 is 0. The fourth-order valence-corrected chi connectivity index (χ4v) is 2.86. The normalized spacial score (nSPS) is 14.7. The predicted octanol–water partition coefficient (Wildman–Crippen LogP) is 1.76. The molecule has 0 aromatic heterocycles. The minimum atomic E-state index is 0. The summed E-state index contributed by atoms with van der Waals surface area (Å²) in [6.45, 7) is 4.90. The van der Waals surface area contributed by atoms with Gasteiger partial charge in [0.15, 0.2) is 0 Å². The smallest absolute Gasteiger partial charge is 0.234 e. The highest BCUT2D eigenvalue weighted by molar-refractivity contribution is 5.85. The van der Waals surface area contributed by atoms with Crippen molar-refractivity contribution in [1.82, 2.24) is 15.5 Å². The summed E-state index contributed by atoms with van der Waals surface area (Å²) >= 11 is 0. The van der Waals surface area contributed by atoms with Gasteiger partial charge in [0.1, 0.15) is 0 Å². The molecule has 0 saturated carbocycles. The van der Waals surface area contributed by atoms with Crippen LogP contribution in [0, 0.1) is 0 Å². The molecule has 0 radical (unpaired) electrons. The Hall–Kier alpha value is -1.50. The van der Waals surface area contributed by atoms with Crippen LogP contribution in [0.1, 0.15) is 31.7 Å². The van der Waals surface area contributed by atoms with E-state index in [2.05, 4.69) is 15.5 Å². The maximum absolute atomic E-state index is 12.1. The molecule has 8 heteroatoms. The van der Waals surface area contributed by atoms with E-state index in [1.165, 1.54) is 0 Å². The van der Waals surface area contributed by atoms with Gasteiger partial charge in [-0.05, 0) is 37.0 Å². The van der Waals surface area contributed by atoms with Gasteiger partial charge in [-0.1, -0.05) is 19.1 Å². The summed E-state index contributed by atoms with van der Waals surface area (Å²) in [6, 6.07) is 7.58. The third-order valence-corrected chi connectivity index (χ3v) is 4.24. The lowest BCUT2D eigenvalue weighted by Gasteiger charge is -2.31. The molecule has 2 amide bonds. The van der Waals surface area contributed by atoms with E-state index >= 15 is 0 Å². The lowest BCUT2D eigenvalue weighted by molar-refractivity contribution is -0.124. The molecule has 1 aromatic carbocycles. The fraction of sp³-hybridized carbons (Fsp3) is 0.556. The van der Waals surface area contributed by atoms with Crippen LogP contribution in [0.4, 0.5) is 5.69 Å². The van der Waals surface area contributed by atoms with Crippen LogP contribution in [0.3, 0.4) is 0 Å². The van der Waals surface area contributed by atoms with Gasteiger partial charge in [-0.2, -0.15) is 0 Å². The predicted molar refractivity (Wildman–Crippen MR) is 110 cm³/mol. The lowest BCUT2D eigenvalue weighted by atomic mass is 10.0. The lowest BCUT2D eigenvalue weighted by Crippen LogP contribution is -2.47. The van der Waals surface area contributed by atoms with Crippen molar-refractivity contribution in [2.75, 3.05) is 31.9 Å². The first-order valence-corrected chi connectivity index (χ1v) is 8.69. The number of rotatable bonds is 7. The summed E-state index contributed by atoms with van der Waals surface area (Å²) in [6.07, 6.45) is 3.09. The summed E-state index contributed by atoms with van der Waals surface area (Å²) in [5.74, 6) is 0.126. The fourth-order valence-electron chi connectivity index (χ4n) is 2.86. The highest BCUT2D eigenvalue weighted by Crippen LogP contribution is 2.11. The van der Waals surface area contributed by atoms with Crippen molar-refractivity contribution < 1.29 is 9.59 Å². The number of amides is 2. The molecule has 1 fully saturated rings. The molecule has 1 aliphatic heterocycles. The zero-order valence-electron chi connectivity index (χ0n) is 15.2. The van der Waals surface area contributed by atoms with Crippen molar-refractivity contribution in [3.05, 3.63) is 29.8 Å². The molecule has 6 nitrogen and oxygen atoms in total. The zero-order valence-corrected chi connectivity index (χ0v) is 16.8. The Balaban J connectivity index is 0.00000312. The maximum Gasteiger partial charge on any atom is 0.234 e. The number of piperidine rings is 1. The molecule has 0 bridgehead atoms. The number of hydrogen-bond donors (Lipinski definition) is 3. The van der Waals surface area contributed by atoms with E-state index in [0.29, 0.717) is 18.7 Å². The number of nitrogen functional groups attached to an aromatic ring is 1. The minimum Gasteiger partial charge on any atom is -0.399 e. The molecular formula is C18H30Cl2N4O2. The Morgan fingerprint density at radius 1 is 1.12 bits per heavy atom. The average molecular weight is 405 g/mol. The van der Waals surface area contributed by atoms with E-state index in [1.807, 2.05) is 31.2 Å². The van der Waals surface area contributed by atoms with Gasteiger partial charge in [0, 0.05) is 31.4 Å². The van der Waals surface area contributed by atoms with Gasteiger partial charge in [-0.25, -0.2) is 0 Å². The van der Waals surface area contributed by atoms with Gasteiger partial charge in [-0.15, -0.1) is 24.8 Å². The molecule has 2 rings (SSSR count). The topological polar surface area (TPSA) is 87.5 Å². The number of benzene rings is 1. The van der Waals surface area contributed by atoms with Crippen molar-refractivity contribution >= 4 is 42.3 Å². The summed E-state index contributed by atoms with van der Waals surface area (Å²) in [4.78, 5) is 26.0. The molecule has 1 heterocycles. The number of nitrogens with one attached hydrogen (secondary N) is 2. The number of carbonyl (C=O) groups excluding carboxylic acids is 2. The van der Waals surface area contributed by atoms with Gasteiger partial charge >= 0.3 is 0 Å². The van der Waals surface area contributed by atoms with Gasteiger partial charge in [-0.3, -0.25) is 14.5 Å². The number of carbonyl (C=O) groups is 2. The number of anilines is 1. The molecule has 1 saturated heterocycles. The van der Waals surface area contributed by atoms with Gasteiger partial charge in [0.25, 0.3) is 0 Å². The first kappa shape index (κ1) is 24.5. The van der Waals surface area contributed by atoms with Crippen LogP contribution in [0.2, 0.25) is 0 Å². The first-order chi connectivity index (χ1) is 11.6. The number of hydrogen-bond acceptors (Lipinski definition) is 4. The van der Waals surface area contributed by atoms with E-state index in [-0.39, 0.29) is 42.7 Å². The van der Waals surface area contributed by atoms with E-state index < -0.39 is 0 Å². The summed E-state index contributed by atoms with van der Waals surface area (Å²) in [7, 11) is 0. The van der Waals surface area contributed by atoms with Crippen molar-refractivity contribution in [2.45, 2.75) is 38.6 Å². The van der Waals surface area contributed by atoms with E-state index in [0.717, 1.165) is 44.5 Å². The Labute approximate surface area is 168 Å². The second-order valence-electron chi connectivity index (χ2n) is 6.39. The quantitative estimate of drug-likeness (QED) is 0.604. The van der Waals surface area contributed by atoms with Crippen molar-refractivity contribution in [1.29, 1.82) is 0 Å². The van der Waals surface area contributed by atoms with E-state index in [1.54, 1.807) is 0 Å². The Kier molecular flexibility index (Phi) is 12.1. The molecule has 0 unspecified atom stereocenters. The standard InChI is InChI=1S/C18H28N4O2.2ClH/c1-2-9-20-18(24)13-22-10-7-16(8-11-22)21-17(23)12-14-3-5-15(19)6-4-14;;/h3-6,16H,2,7-13,19H2,1H3,(H,20,24)(H,21,23);2*1H. The van der Waals surface area contributed by atoms with Gasteiger partial charge < -0.3 is 16.4 Å². The van der Waals surface area contributed by atoms with Crippen LogP contribution >= 0.6 is 24.8 Å². The van der Waals surface area contributed by atoms with Crippen LogP contribution in [0.5, 0.6) is 0 Å². The number of nitrogens with zero attached hydrogens (tertiary/aromatic N) is 1. The zero-order chi connectivity index (χ0) is 17.4. The number of halogens is 2. The number of likely N-dealkylation sites (tertiary alicyclic amines) is 1. The second-order valence-corrected chi connectivity index (χ2v) is 6.39. The largest absolute Gasteiger partial charge is 0.399 e. The molecule has 1 aliphatic rings. The molecule has 0 aliphatic carbocycles. The van der Waals surface area contributed by atoms with Crippen molar-refractivity contribution in [3.63, 3.8) is 0 Å². The SMILES string of the molecule is CCCNC(=O)CN1CCC(NC(=O)Cc2ccc(N)cc2)CC1.Cl.Cl. The Bertz CT molecular complexity index is 547. The molecule has 1 aromatic rings. The Morgan fingerprint density at radius 2 is 1.73 bits per heavy atom. The molecule has 0 spiro atoms. The molecular weight excluding hydrogens is 375 g/mol. The van der Waals surface area contributed by atoms with Crippen LogP contribution in [-0.2, 0) is 16.0 Å². The molecule has 0 atom stereocenters. The van der Waals surface area contributed by atoms with E-state index in [4.69, 9.17) is 5.73 Å². The van der Waals surface area contributed by atoms with Gasteiger partial charge in [0.05, 0.1) is 13.0 Å². The van der Waals surface area contributed by atoms with Crippen LogP contribution in [0.15, 0.2) is 24.3 Å². The van der Waals surface area contributed by atoms with Crippen molar-refractivity contribution in [2.24, 2.45) is 0 Å². The second kappa shape index (κ2) is 12.8. The molecule has 148 valence electrons. The molecule has 4 N–H and O–H groups in total. The van der Waals surface area contributed by atoms with Crippen molar-refractivity contribution in [3.8, 4) is 0 Å². The monoisotopic (exact) mass is 404 g/mol. The third-order valence-electron chi connectivity index (χ3n) is 4.24. The first-order valence-electron chi connectivity index (χ1n) is 8.69. The molecule has 26 heavy (non-hydrogen) atoms. The van der Waals surface area contributed by atoms with Crippen LogP contribution < -0.4 is 16.4 Å². The average Bonchev–Trinajstić information content (AvgIpc) is 2.57. The highest BCUT2D eigenvalue weighted by atomic mass is 35.5. The Morgan fingerprint density at radius 3 is 2.31 bits per heavy atom. The number of nitrogens with two attached hydrogens (primary N) is 1. The van der Waals surface area contributed by atoms with Crippen LogP contribution in [0.25, 0.3) is 0 Å². The third kappa shape index (κ3) is 8.74. The maximum atomic E-state index is 12.1. The van der Waals surface area contributed by atoms with Gasteiger partial charge in [0.2, 0.25) is 11.8 Å². The summed E-state index contributed by atoms with van der Waals surface area (Å²) in [5, 5.41) is 5.99.